The molecule has 0 spiro atoms. The Balaban J connectivity index is 0.000000115. The number of aromatic amines is 1. The van der Waals surface area contributed by atoms with Gasteiger partial charge in [0.1, 0.15) is 0 Å². The van der Waals surface area contributed by atoms with Gasteiger partial charge in [-0.15, -0.1) is 22.7 Å². The van der Waals surface area contributed by atoms with Gasteiger partial charge in [0.05, 0.1) is 0 Å². The second-order valence-corrected chi connectivity index (χ2v) is 7.57. The van der Waals surface area contributed by atoms with Crippen LogP contribution in [0, 0.1) is 0 Å². The molecule has 0 saturated heterocycles. The maximum absolute atomic E-state index is 2.86. The summed E-state index contributed by atoms with van der Waals surface area (Å²) in [6.07, 6.45) is 3.75. The van der Waals surface area contributed by atoms with Gasteiger partial charge in [-0.2, -0.15) is 22.7 Å². The third-order valence-electron chi connectivity index (χ3n) is 2.42. The molecule has 118 valence electrons. The Morgan fingerprint density at radius 2 is 0.957 bits per heavy atom. The molecular weight excluding hydrogens is 358 g/mol. The molecule has 0 saturated carbocycles. The number of H-pyrrole nitrogens is 1. The second kappa shape index (κ2) is 11.8. The zero-order chi connectivity index (χ0) is 16.0. The number of aromatic nitrogens is 1. The number of nitrogens with one attached hydrogen (secondary N) is 1. The van der Waals surface area contributed by atoms with Crippen LogP contribution in [-0.4, -0.2) is 4.98 Å². The van der Waals surface area contributed by atoms with E-state index in [1.165, 1.54) is 9.40 Å². The first-order valence-corrected chi connectivity index (χ1v) is 10.5. The monoisotopic (exact) mass is 375 g/mol. The summed E-state index contributed by atoms with van der Waals surface area (Å²) in [6, 6.07) is 16.3. The van der Waals surface area contributed by atoms with Crippen LogP contribution in [0.2, 0.25) is 0 Å². The molecule has 5 aromatic rings. The molecular formula is C18H17NS4. The van der Waals surface area contributed by atoms with Crippen molar-refractivity contribution in [3.8, 4) is 0 Å². The van der Waals surface area contributed by atoms with Crippen molar-refractivity contribution in [2.24, 2.45) is 0 Å². The summed E-state index contributed by atoms with van der Waals surface area (Å²) >= 11 is 7.03. The minimum Gasteiger partial charge on any atom is -0.368 e. The molecule has 0 atom stereocenters. The highest BCUT2D eigenvalue weighted by Gasteiger charge is 1.90. The number of hydrogen-bond acceptors (Lipinski definition) is 4. The van der Waals surface area contributed by atoms with E-state index < -0.39 is 0 Å². The fourth-order valence-corrected chi connectivity index (χ4v) is 4.16. The molecule has 0 amide bonds. The third-order valence-corrected chi connectivity index (χ3v) is 5.57. The SMILES string of the molecule is c1cc2sccc2s1.c1cc[nH]c1.c1ccsc1.c1ccsc1. The number of thiophene rings is 4. The summed E-state index contributed by atoms with van der Waals surface area (Å²) in [5.41, 5.74) is 0. The zero-order valence-electron chi connectivity index (χ0n) is 12.4. The van der Waals surface area contributed by atoms with Crippen LogP contribution in [0.4, 0.5) is 0 Å². The Hall–Kier alpha value is -1.66. The van der Waals surface area contributed by atoms with Crippen molar-refractivity contribution in [1.82, 2.24) is 4.98 Å². The van der Waals surface area contributed by atoms with E-state index in [2.05, 4.69) is 27.9 Å². The van der Waals surface area contributed by atoms with Gasteiger partial charge >= 0.3 is 0 Å². The lowest BCUT2D eigenvalue weighted by atomic mass is 10.5. The lowest BCUT2D eigenvalue weighted by Crippen LogP contribution is -1.38. The summed E-state index contributed by atoms with van der Waals surface area (Å²) in [7, 11) is 0. The Morgan fingerprint density at radius 1 is 0.522 bits per heavy atom. The quantitative estimate of drug-likeness (QED) is 0.289. The molecule has 0 fully saturated rings. The van der Waals surface area contributed by atoms with E-state index in [1.807, 2.05) is 70.3 Å². The van der Waals surface area contributed by atoms with Gasteiger partial charge in [-0.05, 0) is 56.5 Å². The minimum atomic E-state index is 1.41. The molecule has 5 heterocycles. The first-order chi connectivity index (χ1) is 11.5. The smallest absolute Gasteiger partial charge is 0.0450 e. The van der Waals surface area contributed by atoms with Crippen molar-refractivity contribution in [3.05, 3.63) is 93.2 Å². The number of rotatable bonds is 0. The number of hydrogen-bond donors (Lipinski definition) is 1. The summed E-state index contributed by atoms with van der Waals surface area (Å²) in [4.78, 5) is 2.86. The van der Waals surface area contributed by atoms with E-state index >= 15 is 0 Å². The standard InChI is InChI=1S/C6H4S2.C4H5N.2C4H4S/c1-3-7-6-2-4-8-5(1)6;3*1-2-4-5-3-1/h1-4H;1-5H;2*1-4H. The molecule has 5 aromatic heterocycles. The van der Waals surface area contributed by atoms with Crippen LogP contribution in [-0.2, 0) is 0 Å². The highest BCUT2D eigenvalue weighted by molar-refractivity contribution is 7.25. The Bertz CT molecular complexity index is 612. The van der Waals surface area contributed by atoms with E-state index in [0.29, 0.717) is 0 Å². The van der Waals surface area contributed by atoms with Gasteiger partial charge in [0.15, 0.2) is 0 Å². The van der Waals surface area contributed by atoms with E-state index in [0.717, 1.165) is 0 Å². The largest absolute Gasteiger partial charge is 0.368 e. The van der Waals surface area contributed by atoms with Crippen molar-refractivity contribution >= 4 is 54.7 Å². The fraction of sp³-hybridized carbons (Fsp3) is 0. The second-order valence-electron chi connectivity index (χ2n) is 4.04. The lowest BCUT2D eigenvalue weighted by Gasteiger charge is -1.63. The van der Waals surface area contributed by atoms with Gasteiger partial charge in [-0.1, -0.05) is 24.3 Å². The van der Waals surface area contributed by atoms with Gasteiger partial charge < -0.3 is 4.98 Å². The van der Waals surface area contributed by atoms with E-state index in [4.69, 9.17) is 0 Å². The molecule has 0 aliphatic rings. The Morgan fingerprint density at radius 3 is 1.22 bits per heavy atom. The summed E-state index contributed by atoms with van der Waals surface area (Å²) in [5, 5.41) is 12.4. The average Bonchev–Trinajstić information content (AvgIpc) is 3.47. The van der Waals surface area contributed by atoms with Gasteiger partial charge in [0, 0.05) is 21.8 Å². The molecule has 5 rings (SSSR count). The molecule has 1 nitrogen and oxygen atoms in total. The van der Waals surface area contributed by atoms with Gasteiger partial charge in [0.2, 0.25) is 0 Å². The maximum atomic E-state index is 2.86. The topological polar surface area (TPSA) is 15.8 Å². The first-order valence-electron chi connectivity index (χ1n) is 6.89. The van der Waals surface area contributed by atoms with Crippen molar-refractivity contribution in [3.63, 3.8) is 0 Å². The van der Waals surface area contributed by atoms with Crippen molar-refractivity contribution in [2.45, 2.75) is 0 Å². The fourth-order valence-electron chi connectivity index (χ4n) is 1.43. The first kappa shape index (κ1) is 17.7. The molecule has 23 heavy (non-hydrogen) atoms. The van der Waals surface area contributed by atoms with Gasteiger partial charge in [-0.25, -0.2) is 0 Å². The van der Waals surface area contributed by atoms with Crippen molar-refractivity contribution < 1.29 is 0 Å². The van der Waals surface area contributed by atoms with Crippen LogP contribution < -0.4 is 0 Å². The molecule has 0 aliphatic heterocycles. The van der Waals surface area contributed by atoms with E-state index in [1.54, 1.807) is 45.3 Å². The third kappa shape index (κ3) is 7.95. The molecule has 0 unspecified atom stereocenters. The van der Waals surface area contributed by atoms with Crippen LogP contribution in [0.1, 0.15) is 0 Å². The number of fused-ring (bicyclic) bond motifs is 1. The van der Waals surface area contributed by atoms with Crippen molar-refractivity contribution in [1.29, 1.82) is 0 Å². The summed E-state index contributed by atoms with van der Waals surface area (Å²) < 4.78 is 2.82. The lowest BCUT2D eigenvalue weighted by molar-refractivity contribution is 1.42. The molecule has 1 N–H and O–H groups in total. The zero-order valence-corrected chi connectivity index (χ0v) is 15.6. The van der Waals surface area contributed by atoms with Crippen LogP contribution in [0.3, 0.4) is 0 Å². The molecule has 0 aromatic carbocycles. The predicted octanol–water partition coefficient (Wildman–Crippen LogP) is 7.47. The van der Waals surface area contributed by atoms with Crippen LogP contribution in [0.15, 0.2) is 93.2 Å². The van der Waals surface area contributed by atoms with Gasteiger partial charge in [0.25, 0.3) is 0 Å². The van der Waals surface area contributed by atoms with Crippen LogP contribution >= 0.6 is 45.3 Å². The highest BCUT2D eigenvalue weighted by Crippen LogP contribution is 2.25. The van der Waals surface area contributed by atoms with E-state index in [9.17, 15) is 0 Å². The minimum absolute atomic E-state index is 1.41. The van der Waals surface area contributed by atoms with E-state index in [-0.39, 0.29) is 0 Å². The van der Waals surface area contributed by atoms with Crippen molar-refractivity contribution in [2.75, 3.05) is 0 Å². The average molecular weight is 376 g/mol. The Labute approximate surface area is 152 Å². The van der Waals surface area contributed by atoms with Crippen LogP contribution in [0.25, 0.3) is 9.40 Å². The summed E-state index contributed by atoms with van der Waals surface area (Å²) in [6.45, 7) is 0. The molecule has 5 heteroatoms. The molecule has 0 bridgehead atoms. The molecule has 0 radical (unpaired) electrons. The van der Waals surface area contributed by atoms with Crippen LogP contribution in [0.5, 0.6) is 0 Å². The Kier molecular flexibility index (Phi) is 9.11. The highest BCUT2D eigenvalue weighted by atomic mass is 32.1. The van der Waals surface area contributed by atoms with Gasteiger partial charge in [-0.3, -0.25) is 0 Å². The predicted molar refractivity (Wildman–Crippen MR) is 109 cm³/mol. The normalized spacial score (nSPS) is 8.87. The summed E-state index contributed by atoms with van der Waals surface area (Å²) in [5.74, 6) is 0. The maximum Gasteiger partial charge on any atom is 0.0450 e. The molecule has 0 aliphatic carbocycles.